The van der Waals surface area contributed by atoms with Gasteiger partial charge in [0.25, 0.3) is 0 Å². The number of rotatable bonds is 6. The first-order chi connectivity index (χ1) is 13.5. The maximum Gasteiger partial charge on any atom is 0.335 e. The van der Waals surface area contributed by atoms with Gasteiger partial charge in [-0.2, -0.15) is 5.26 Å². The predicted molar refractivity (Wildman–Crippen MR) is 104 cm³/mol. The summed E-state index contributed by atoms with van der Waals surface area (Å²) in [6.45, 7) is 0. The summed E-state index contributed by atoms with van der Waals surface area (Å²) in [6, 6.07) is 17.3. The second kappa shape index (κ2) is 8.14. The molecule has 3 rings (SSSR count). The van der Waals surface area contributed by atoms with Crippen LogP contribution >= 0.6 is 0 Å². The van der Waals surface area contributed by atoms with Gasteiger partial charge in [-0.1, -0.05) is 12.1 Å². The molecule has 6 heteroatoms. The molecule has 140 valence electrons. The Bertz CT molecular complexity index is 1070. The van der Waals surface area contributed by atoms with Crippen LogP contribution in [0.1, 0.15) is 21.7 Å². The van der Waals surface area contributed by atoms with Gasteiger partial charge in [0.15, 0.2) is 11.5 Å². The van der Waals surface area contributed by atoms with Crippen molar-refractivity contribution in [2.75, 3.05) is 14.2 Å². The Balaban J connectivity index is 1.90. The Kier molecular flexibility index (Phi) is 5.47. The molecule has 0 bridgehead atoms. The van der Waals surface area contributed by atoms with E-state index in [-0.39, 0.29) is 5.56 Å². The average Bonchev–Trinajstić information content (AvgIpc) is 3.20. The van der Waals surface area contributed by atoms with Crippen molar-refractivity contribution in [2.24, 2.45) is 0 Å². The van der Waals surface area contributed by atoms with Gasteiger partial charge in [-0.3, -0.25) is 0 Å². The highest BCUT2D eigenvalue weighted by molar-refractivity contribution is 5.90. The summed E-state index contributed by atoms with van der Waals surface area (Å²) in [7, 11) is 3.08. The molecule has 2 aromatic carbocycles. The maximum atomic E-state index is 10.9. The zero-order chi connectivity index (χ0) is 20.1. The summed E-state index contributed by atoms with van der Waals surface area (Å²) in [5.41, 5.74) is 2.02. The van der Waals surface area contributed by atoms with E-state index in [1.165, 1.54) is 19.2 Å². The second-order valence-electron chi connectivity index (χ2n) is 5.82. The van der Waals surface area contributed by atoms with Crippen molar-refractivity contribution in [2.45, 2.75) is 0 Å². The number of aromatic carboxylic acids is 1. The number of nitrogens with zero attached hydrogens (tertiary/aromatic N) is 1. The van der Waals surface area contributed by atoms with E-state index >= 15 is 0 Å². The van der Waals surface area contributed by atoms with Gasteiger partial charge in [0.1, 0.15) is 11.5 Å². The van der Waals surface area contributed by atoms with E-state index in [1.807, 2.05) is 0 Å². The minimum Gasteiger partial charge on any atom is -0.493 e. The minimum absolute atomic E-state index is 0.204. The van der Waals surface area contributed by atoms with Crippen LogP contribution in [0.25, 0.3) is 23.0 Å². The molecule has 0 aliphatic rings. The van der Waals surface area contributed by atoms with Gasteiger partial charge in [0.2, 0.25) is 0 Å². The Morgan fingerprint density at radius 2 is 1.68 bits per heavy atom. The second-order valence-corrected chi connectivity index (χ2v) is 5.82. The fourth-order valence-electron chi connectivity index (χ4n) is 2.69. The first-order valence-electron chi connectivity index (χ1n) is 8.33. The van der Waals surface area contributed by atoms with E-state index in [0.717, 1.165) is 5.56 Å². The van der Waals surface area contributed by atoms with Gasteiger partial charge in [0.05, 0.1) is 31.4 Å². The average molecular weight is 375 g/mol. The fourth-order valence-corrected chi connectivity index (χ4v) is 2.69. The van der Waals surface area contributed by atoms with Crippen molar-refractivity contribution in [3.8, 4) is 28.9 Å². The number of carboxylic acids is 1. The first kappa shape index (κ1) is 18.8. The minimum atomic E-state index is -0.983. The van der Waals surface area contributed by atoms with Crippen LogP contribution < -0.4 is 9.47 Å². The number of nitriles is 1. The summed E-state index contributed by atoms with van der Waals surface area (Å²) < 4.78 is 16.3. The lowest BCUT2D eigenvalue weighted by Crippen LogP contribution is -1.94. The number of carbonyl (C=O) groups is 1. The van der Waals surface area contributed by atoms with E-state index in [1.54, 1.807) is 55.7 Å². The third-order valence-electron chi connectivity index (χ3n) is 4.14. The lowest BCUT2D eigenvalue weighted by molar-refractivity contribution is 0.0697. The van der Waals surface area contributed by atoms with Crippen LogP contribution in [-0.4, -0.2) is 25.3 Å². The molecule has 0 fully saturated rings. The van der Waals surface area contributed by atoms with E-state index in [4.69, 9.17) is 19.0 Å². The highest BCUT2D eigenvalue weighted by Gasteiger charge is 2.10. The maximum absolute atomic E-state index is 10.9. The molecule has 0 unspecified atom stereocenters. The molecule has 0 aliphatic carbocycles. The molecule has 1 N–H and O–H groups in total. The highest BCUT2D eigenvalue weighted by Crippen LogP contribution is 2.31. The summed E-state index contributed by atoms with van der Waals surface area (Å²) in [5.74, 6) is 1.20. The van der Waals surface area contributed by atoms with Crippen molar-refractivity contribution < 1.29 is 23.8 Å². The normalized spacial score (nSPS) is 11.0. The Morgan fingerprint density at radius 3 is 2.29 bits per heavy atom. The van der Waals surface area contributed by atoms with Crippen molar-refractivity contribution in [3.05, 3.63) is 71.5 Å². The first-order valence-corrected chi connectivity index (χ1v) is 8.33. The number of carboxylic acid groups (broad SMARTS) is 1. The SMILES string of the molecule is COc1ccc(/C(C#N)=C/c2ccc(-c3ccc(C(=O)O)cc3)o2)cc1OC. The predicted octanol–water partition coefficient (Wildman–Crippen LogP) is 4.73. The fraction of sp³-hybridized carbons (Fsp3) is 0.0909. The molecule has 0 aliphatic heterocycles. The Labute approximate surface area is 161 Å². The van der Waals surface area contributed by atoms with Gasteiger partial charge in [-0.25, -0.2) is 4.79 Å². The molecule has 3 aromatic rings. The largest absolute Gasteiger partial charge is 0.493 e. The van der Waals surface area contributed by atoms with Gasteiger partial charge >= 0.3 is 5.97 Å². The number of furan rings is 1. The number of hydrogen-bond acceptors (Lipinski definition) is 5. The van der Waals surface area contributed by atoms with Crippen LogP contribution in [0.4, 0.5) is 0 Å². The summed E-state index contributed by atoms with van der Waals surface area (Å²) in [5, 5.41) is 18.5. The van der Waals surface area contributed by atoms with Crippen LogP contribution in [-0.2, 0) is 0 Å². The lowest BCUT2D eigenvalue weighted by atomic mass is 10.1. The molecule has 1 aromatic heterocycles. The smallest absolute Gasteiger partial charge is 0.335 e. The highest BCUT2D eigenvalue weighted by atomic mass is 16.5. The molecular weight excluding hydrogens is 358 g/mol. The van der Waals surface area contributed by atoms with E-state index in [2.05, 4.69) is 6.07 Å². The number of ether oxygens (including phenoxy) is 2. The molecule has 0 amide bonds. The molecule has 6 nitrogen and oxygen atoms in total. The number of allylic oxidation sites excluding steroid dienone is 1. The third-order valence-corrected chi connectivity index (χ3v) is 4.14. The van der Waals surface area contributed by atoms with Crippen LogP contribution in [0.15, 0.2) is 59.0 Å². The Hall–Kier alpha value is -3.98. The summed E-state index contributed by atoms with van der Waals surface area (Å²) in [6.07, 6.45) is 1.64. The molecule has 0 saturated carbocycles. The zero-order valence-electron chi connectivity index (χ0n) is 15.3. The topological polar surface area (TPSA) is 92.7 Å². The zero-order valence-corrected chi connectivity index (χ0v) is 15.3. The number of hydrogen-bond donors (Lipinski definition) is 1. The third kappa shape index (κ3) is 3.89. The van der Waals surface area contributed by atoms with Gasteiger partial charge in [-0.05, 0) is 54.1 Å². The quantitative estimate of drug-likeness (QED) is 0.626. The molecule has 28 heavy (non-hydrogen) atoms. The monoisotopic (exact) mass is 375 g/mol. The Morgan fingerprint density at radius 1 is 1.00 bits per heavy atom. The van der Waals surface area contributed by atoms with Gasteiger partial charge < -0.3 is 19.0 Å². The van der Waals surface area contributed by atoms with Crippen LogP contribution in [0.3, 0.4) is 0 Å². The number of benzene rings is 2. The molecule has 0 atom stereocenters. The van der Waals surface area contributed by atoms with Crippen LogP contribution in [0, 0.1) is 11.3 Å². The number of methoxy groups -OCH3 is 2. The van der Waals surface area contributed by atoms with E-state index < -0.39 is 5.97 Å². The molecular formula is C22H17NO5. The van der Waals surface area contributed by atoms with Crippen LogP contribution in [0.5, 0.6) is 11.5 Å². The van der Waals surface area contributed by atoms with Gasteiger partial charge in [0, 0.05) is 5.56 Å². The molecule has 1 heterocycles. The van der Waals surface area contributed by atoms with Gasteiger partial charge in [-0.15, -0.1) is 0 Å². The molecule has 0 radical (unpaired) electrons. The van der Waals surface area contributed by atoms with Crippen molar-refractivity contribution in [1.82, 2.24) is 0 Å². The van der Waals surface area contributed by atoms with Crippen molar-refractivity contribution >= 4 is 17.6 Å². The molecule has 0 spiro atoms. The summed E-state index contributed by atoms with van der Waals surface area (Å²) >= 11 is 0. The van der Waals surface area contributed by atoms with E-state index in [9.17, 15) is 10.1 Å². The lowest BCUT2D eigenvalue weighted by Gasteiger charge is -2.08. The standard InChI is InChI=1S/C22H17NO5/c1-26-20-9-7-16(12-21(20)27-2)17(13-23)11-18-8-10-19(28-18)14-3-5-15(6-4-14)22(24)25/h3-12H,1-2H3,(H,24,25)/b17-11+. The van der Waals surface area contributed by atoms with Crippen molar-refractivity contribution in [1.29, 1.82) is 5.26 Å². The summed E-state index contributed by atoms with van der Waals surface area (Å²) in [4.78, 5) is 10.9. The van der Waals surface area contributed by atoms with E-state index in [0.29, 0.717) is 34.2 Å². The molecule has 0 saturated heterocycles. The van der Waals surface area contributed by atoms with Crippen LogP contribution in [0.2, 0.25) is 0 Å². The van der Waals surface area contributed by atoms with Crippen molar-refractivity contribution in [3.63, 3.8) is 0 Å².